The predicted octanol–water partition coefficient (Wildman–Crippen LogP) is 0.957. The Morgan fingerprint density at radius 2 is 1.95 bits per heavy atom. The van der Waals surface area contributed by atoms with Crippen LogP contribution in [0.1, 0.15) is 16.7 Å². The molecule has 0 bridgehead atoms. The van der Waals surface area contributed by atoms with E-state index in [1.807, 2.05) is 13.8 Å². The molecule has 1 heterocycles. The summed E-state index contributed by atoms with van der Waals surface area (Å²) in [6.07, 6.45) is 2.95. The highest BCUT2D eigenvalue weighted by Gasteiger charge is 2.12. The fourth-order valence-electron chi connectivity index (χ4n) is 1.77. The lowest BCUT2D eigenvalue weighted by molar-refractivity contribution is 0.304. The minimum Gasteiger partial charge on any atom is -0.487 e. The summed E-state index contributed by atoms with van der Waals surface area (Å²) < 4.78 is 5.63. The van der Waals surface area contributed by atoms with E-state index in [4.69, 9.17) is 14.8 Å². The highest BCUT2D eigenvalue weighted by Crippen LogP contribution is 2.14. The first-order valence-corrected chi connectivity index (χ1v) is 6.06. The van der Waals surface area contributed by atoms with E-state index < -0.39 is 7.12 Å². The molecule has 4 nitrogen and oxygen atoms in total. The van der Waals surface area contributed by atoms with Gasteiger partial charge in [0.15, 0.2) is 0 Å². The zero-order chi connectivity index (χ0) is 13.8. The molecule has 2 N–H and O–H groups in total. The van der Waals surface area contributed by atoms with E-state index >= 15 is 0 Å². The van der Waals surface area contributed by atoms with E-state index in [9.17, 15) is 0 Å². The van der Waals surface area contributed by atoms with Crippen LogP contribution in [0.3, 0.4) is 0 Å². The predicted molar refractivity (Wildman–Crippen MR) is 74.3 cm³/mol. The van der Waals surface area contributed by atoms with Gasteiger partial charge >= 0.3 is 7.12 Å². The van der Waals surface area contributed by atoms with Crippen LogP contribution in [0, 0.1) is 13.8 Å². The number of ether oxygens (including phenoxy) is 1. The number of pyridine rings is 1. The Hall–Kier alpha value is -1.85. The molecule has 98 valence electrons. The van der Waals surface area contributed by atoms with Gasteiger partial charge in [-0.2, -0.15) is 0 Å². The fraction of sp³-hybridized carbons (Fsp3) is 0.214. The van der Waals surface area contributed by atoms with E-state index in [-0.39, 0.29) is 0 Å². The highest BCUT2D eigenvalue weighted by molar-refractivity contribution is 6.58. The fourth-order valence-corrected chi connectivity index (χ4v) is 1.77. The van der Waals surface area contributed by atoms with E-state index in [1.54, 1.807) is 12.3 Å². The average molecular weight is 257 g/mol. The summed E-state index contributed by atoms with van der Waals surface area (Å²) in [5, 5.41) is 18.1. The van der Waals surface area contributed by atoms with E-state index in [0.717, 1.165) is 11.1 Å². The van der Waals surface area contributed by atoms with Crippen molar-refractivity contribution in [3.8, 4) is 5.75 Å². The second-order valence-corrected chi connectivity index (χ2v) is 4.55. The molecule has 0 aliphatic carbocycles. The molecule has 0 spiro atoms. The molecule has 5 heteroatoms. The van der Waals surface area contributed by atoms with Crippen LogP contribution in [-0.4, -0.2) is 22.2 Å². The van der Waals surface area contributed by atoms with Gasteiger partial charge in [0.05, 0.1) is 6.20 Å². The smallest absolute Gasteiger partial charge is 0.487 e. The van der Waals surface area contributed by atoms with E-state index in [0.29, 0.717) is 17.8 Å². The summed E-state index contributed by atoms with van der Waals surface area (Å²) in [5.74, 6) is 0.520. The van der Waals surface area contributed by atoms with Crippen LogP contribution in [0.4, 0.5) is 0 Å². The minimum absolute atomic E-state index is 0.318. The molecule has 0 saturated carbocycles. The van der Waals surface area contributed by atoms with Crippen LogP contribution in [0.5, 0.6) is 5.75 Å². The Balaban J connectivity index is 2.10. The molecule has 0 aliphatic rings. The van der Waals surface area contributed by atoms with Gasteiger partial charge < -0.3 is 14.8 Å². The number of rotatable bonds is 4. The molecule has 0 atom stereocenters. The van der Waals surface area contributed by atoms with E-state index in [1.165, 1.54) is 11.8 Å². The van der Waals surface area contributed by atoms with Crippen LogP contribution in [0.25, 0.3) is 0 Å². The zero-order valence-electron chi connectivity index (χ0n) is 11.0. The third-order valence-electron chi connectivity index (χ3n) is 2.93. The molecule has 0 saturated heterocycles. The second-order valence-electron chi connectivity index (χ2n) is 4.55. The first-order chi connectivity index (χ1) is 9.06. The van der Waals surface area contributed by atoms with Crippen LogP contribution < -0.4 is 10.2 Å². The molecular formula is C14H16BNO3. The molecule has 19 heavy (non-hydrogen) atoms. The van der Waals surface area contributed by atoms with Gasteiger partial charge in [-0.05, 0) is 31.0 Å². The molecule has 0 radical (unpaired) electrons. The second kappa shape index (κ2) is 5.86. The molecular weight excluding hydrogens is 241 g/mol. The summed E-state index contributed by atoms with van der Waals surface area (Å²) >= 11 is 0. The topological polar surface area (TPSA) is 62.6 Å². The summed E-state index contributed by atoms with van der Waals surface area (Å²) in [6, 6.07) is 7.76. The molecule has 0 unspecified atom stereocenters. The Kier molecular flexibility index (Phi) is 4.19. The highest BCUT2D eigenvalue weighted by atomic mass is 16.5. The number of benzene rings is 1. The number of aromatic nitrogens is 1. The van der Waals surface area contributed by atoms with Crippen molar-refractivity contribution in [3.05, 3.63) is 53.3 Å². The van der Waals surface area contributed by atoms with Gasteiger partial charge in [-0.25, -0.2) is 0 Å². The Morgan fingerprint density at radius 1 is 1.16 bits per heavy atom. The number of hydrogen-bond acceptors (Lipinski definition) is 4. The third-order valence-corrected chi connectivity index (χ3v) is 2.93. The maximum Gasteiger partial charge on any atom is 0.490 e. The molecule has 1 aromatic heterocycles. The standard InChI is InChI=1S/C14H16BNO3/c1-10-3-4-11(2)12(5-10)9-19-14-6-13(15(17)18)7-16-8-14/h3-8,17-18H,9H2,1-2H3. The van der Waals surface area contributed by atoms with Gasteiger partial charge in [-0.3, -0.25) is 4.98 Å². The summed E-state index contributed by atoms with van der Waals surface area (Å²) in [6.45, 7) is 4.50. The van der Waals surface area contributed by atoms with Crippen molar-refractivity contribution < 1.29 is 14.8 Å². The Bertz CT molecular complexity index is 572. The number of hydrogen-bond donors (Lipinski definition) is 2. The Morgan fingerprint density at radius 3 is 2.68 bits per heavy atom. The van der Waals surface area contributed by atoms with Gasteiger partial charge in [-0.1, -0.05) is 23.8 Å². The summed E-state index contributed by atoms with van der Waals surface area (Å²) in [4.78, 5) is 3.91. The van der Waals surface area contributed by atoms with Crippen LogP contribution in [-0.2, 0) is 6.61 Å². The van der Waals surface area contributed by atoms with Crippen molar-refractivity contribution in [1.29, 1.82) is 0 Å². The number of nitrogens with zero attached hydrogens (tertiary/aromatic N) is 1. The largest absolute Gasteiger partial charge is 0.490 e. The lowest BCUT2D eigenvalue weighted by Gasteiger charge is -2.10. The molecule has 0 aliphatic heterocycles. The lowest BCUT2D eigenvalue weighted by Crippen LogP contribution is -2.30. The first kappa shape index (κ1) is 13.6. The zero-order valence-corrected chi connectivity index (χ0v) is 11.0. The number of aryl methyl sites for hydroxylation is 2. The molecule has 0 fully saturated rings. The maximum absolute atomic E-state index is 9.07. The van der Waals surface area contributed by atoms with Crippen LogP contribution >= 0.6 is 0 Å². The molecule has 2 aromatic rings. The van der Waals surface area contributed by atoms with Crippen molar-refractivity contribution in [1.82, 2.24) is 4.98 Å². The van der Waals surface area contributed by atoms with Gasteiger partial charge in [0, 0.05) is 11.7 Å². The lowest BCUT2D eigenvalue weighted by atomic mass is 9.82. The molecule has 2 rings (SSSR count). The Labute approximate surface area is 112 Å². The average Bonchev–Trinajstić information content (AvgIpc) is 2.40. The van der Waals surface area contributed by atoms with E-state index in [2.05, 4.69) is 23.2 Å². The van der Waals surface area contributed by atoms with Gasteiger partial charge in [0.25, 0.3) is 0 Å². The van der Waals surface area contributed by atoms with Crippen molar-refractivity contribution >= 4 is 12.6 Å². The third kappa shape index (κ3) is 3.56. The van der Waals surface area contributed by atoms with Crippen LogP contribution in [0.2, 0.25) is 0 Å². The quantitative estimate of drug-likeness (QED) is 0.801. The SMILES string of the molecule is Cc1ccc(C)c(COc2cncc(B(O)O)c2)c1. The summed E-state index contributed by atoms with van der Waals surface area (Å²) in [5.41, 5.74) is 3.77. The van der Waals surface area contributed by atoms with Crippen LogP contribution in [0.15, 0.2) is 36.7 Å². The van der Waals surface area contributed by atoms with Gasteiger partial charge in [0.2, 0.25) is 0 Å². The van der Waals surface area contributed by atoms with Crippen molar-refractivity contribution in [2.75, 3.05) is 0 Å². The van der Waals surface area contributed by atoms with Crippen molar-refractivity contribution in [2.45, 2.75) is 20.5 Å². The van der Waals surface area contributed by atoms with Crippen molar-refractivity contribution in [3.63, 3.8) is 0 Å². The summed E-state index contributed by atoms with van der Waals surface area (Å²) in [7, 11) is -1.53. The monoisotopic (exact) mass is 257 g/mol. The molecule has 0 amide bonds. The maximum atomic E-state index is 9.07. The van der Waals surface area contributed by atoms with Crippen molar-refractivity contribution in [2.24, 2.45) is 0 Å². The minimum atomic E-state index is -1.53. The van der Waals surface area contributed by atoms with Gasteiger partial charge in [-0.15, -0.1) is 0 Å². The molecule has 1 aromatic carbocycles. The normalized spacial score (nSPS) is 10.3. The first-order valence-electron chi connectivity index (χ1n) is 6.06. The van der Waals surface area contributed by atoms with Gasteiger partial charge in [0.1, 0.15) is 12.4 Å².